The van der Waals surface area contributed by atoms with Gasteiger partial charge in [-0.2, -0.15) is 0 Å². The number of ether oxygens (including phenoxy) is 1. The normalized spacial score (nSPS) is 25.6. The van der Waals surface area contributed by atoms with Gasteiger partial charge in [-0.3, -0.25) is 9.69 Å². The zero-order chi connectivity index (χ0) is 17.7. The number of benzene rings is 1. The number of piperidine rings is 1. The first-order valence-corrected chi connectivity index (χ1v) is 9.42. The lowest BCUT2D eigenvalue weighted by atomic mass is 9.90. The minimum absolute atomic E-state index is 0.103. The van der Waals surface area contributed by atoms with E-state index in [1.807, 2.05) is 30.1 Å². The molecule has 0 radical (unpaired) electrons. The molecule has 0 bridgehead atoms. The second kappa shape index (κ2) is 8.30. The molecule has 1 amide bonds. The van der Waals surface area contributed by atoms with Gasteiger partial charge in [-0.25, -0.2) is 0 Å². The van der Waals surface area contributed by atoms with Gasteiger partial charge in [0.2, 0.25) is 0 Å². The van der Waals surface area contributed by atoms with Crippen molar-refractivity contribution in [3.05, 3.63) is 35.9 Å². The van der Waals surface area contributed by atoms with Crippen molar-refractivity contribution in [1.29, 1.82) is 0 Å². The van der Waals surface area contributed by atoms with Crippen LogP contribution < -0.4 is 0 Å². The van der Waals surface area contributed by atoms with Crippen LogP contribution in [0.3, 0.4) is 0 Å². The Labute approximate surface area is 150 Å². The molecule has 0 spiro atoms. The van der Waals surface area contributed by atoms with Crippen molar-refractivity contribution in [2.45, 2.75) is 43.7 Å². The van der Waals surface area contributed by atoms with E-state index in [1.54, 1.807) is 0 Å². The van der Waals surface area contributed by atoms with Gasteiger partial charge in [0.1, 0.15) is 0 Å². The van der Waals surface area contributed by atoms with Crippen LogP contribution in [-0.4, -0.2) is 72.4 Å². The fourth-order valence-electron chi connectivity index (χ4n) is 4.00. The predicted octanol–water partition coefficient (Wildman–Crippen LogP) is 1.69. The summed E-state index contributed by atoms with van der Waals surface area (Å²) in [7, 11) is 2.02. The summed E-state index contributed by atoms with van der Waals surface area (Å²) in [6, 6.07) is 10.6. The van der Waals surface area contributed by atoms with Crippen LogP contribution in [0.5, 0.6) is 0 Å². The van der Waals surface area contributed by atoms with E-state index in [9.17, 15) is 9.90 Å². The second-order valence-corrected chi connectivity index (χ2v) is 7.42. The average Bonchev–Trinajstić information content (AvgIpc) is 2.64. The summed E-state index contributed by atoms with van der Waals surface area (Å²) in [4.78, 5) is 16.9. The lowest BCUT2D eigenvalue weighted by molar-refractivity contribution is -0.160. The molecule has 2 saturated heterocycles. The molecule has 1 atom stereocenters. The number of hydrogen-bond acceptors (Lipinski definition) is 4. The number of hydrogen-bond donors (Lipinski definition) is 1. The van der Waals surface area contributed by atoms with Crippen LogP contribution in [0, 0.1) is 0 Å². The molecule has 0 aromatic heterocycles. The van der Waals surface area contributed by atoms with E-state index < -0.39 is 5.60 Å². The topological polar surface area (TPSA) is 53.0 Å². The molecule has 1 N–H and O–H groups in total. The molecule has 138 valence electrons. The standard InChI is InChI=1S/C20H30N2O3/c1-21(18-9-14-25-15-10-18)16-20(24)11-5-12-22(19(20)23)13-8-17-6-3-2-4-7-17/h2-4,6-7,18,24H,5,8-16H2,1H3. The van der Waals surface area contributed by atoms with Crippen molar-refractivity contribution >= 4 is 5.91 Å². The van der Waals surface area contributed by atoms with Crippen LogP contribution in [0.25, 0.3) is 0 Å². The summed E-state index contributed by atoms with van der Waals surface area (Å²) in [6.07, 6.45) is 4.19. The molecule has 0 aliphatic carbocycles. The highest BCUT2D eigenvalue weighted by molar-refractivity contribution is 5.86. The molecular weight excluding hydrogens is 316 g/mol. The Bertz CT molecular complexity index is 559. The van der Waals surface area contributed by atoms with Crippen molar-refractivity contribution in [2.75, 3.05) is 39.9 Å². The maximum Gasteiger partial charge on any atom is 0.255 e. The lowest BCUT2D eigenvalue weighted by Crippen LogP contribution is -2.59. The third-order valence-corrected chi connectivity index (χ3v) is 5.54. The second-order valence-electron chi connectivity index (χ2n) is 7.42. The predicted molar refractivity (Wildman–Crippen MR) is 97.4 cm³/mol. The highest BCUT2D eigenvalue weighted by atomic mass is 16.5. The van der Waals surface area contributed by atoms with Crippen LogP contribution in [0.4, 0.5) is 0 Å². The molecule has 1 aromatic carbocycles. The SMILES string of the molecule is CN(CC1(O)CCCN(CCc2ccccc2)C1=O)C1CCOCC1. The van der Waals surface area contributed by atoms with Crippen molar-refractivity contribution in [3.8, 4) is 0 Å². The number of likely N-dealkylation sites (tertiary alicyclic amines) is 1. The summed E-state index contributed by atoms with van der Waals surface area (Å²) in [5.41, 5.74) is -0.0223. The van der Waals surface area contributed by atoms with Gasteiger partial charge in [-0.1, -0.05) is 30.3 Å². The van der Waals surface area contributed by atoms with Gasteiger partial charge >= 0.3 is 0 Å². The largest absolute Gasteiger partial charge is 0.381 e. The number of likely N-dealkylation sites (N-methyl/N-ethyl adjacent to an activating group) is 1. The summed E-state index contributed by atoms with van der Waals surface area (Å²) in [5, 5.41) is 11.0. The van der Waals surface area contributed by atoms with E-state index in [1.165, 1.54) is 5.56 Å². The Kier molecular flexibility index (Phi) is 6.10. The number of amides is 1. The Morgan fingerprint density at radius 2 is 2.00 bits per heavy atom. The van der Waals surface area contributed by atoms with Gasteiger partial charge in [-0.05, 0) is 44.7 Å². The Balaban J connectivity index is 1.57. The minimum Gasteiger partial charge on any atom is -0.381 e. The Morgan fingerprint density at radius 3 is 2.72 bits per heavy atom. The molecule has 1 unspecified atom stereocenters. The maximum atomic E-state index is 12.9. The van der Waals surface area contributed by atoms with E-state index >= 15 is 0 Å². The van der Waals surface area contributed by atoms with E-state index in [2.05, 4.69) is 17.0 Å². The monoisotopic (exact) mass is 346 g/mol. The van der Waals surface area contributed by atoms with E-state index in [0.717, 1.165) is 45.4 Å². The first-order chi connectivity index (χ1) is 12.1. The number of rotatable bonds is 6. The molecule has 3 rings (SSSR count). The summed E-state index contributed by atoms with van der Waals surface area (Å²) >= 11 is 0. The van der Waals surface area contributed by atoms with Crippen LogP contribution in [-0.2, 0) is 16.0 Å². The minimum atomic E-state index is -1.25. The average molecular weight is 346 g/mol. The molecule has 0 saturated carbocycles. The van der Waals surface area contributed by atoms with E-state index in [4.69, 9.17) is 4.74 Å². The third-order valence-electron chi connectivity index (χ3n) is 5.54. The van der Waals surface area contributed by atoms with Gasteiger partial charge in [0, 0.05) is 38.9 Å². The van der Waals surface area contributed by atoms with E-state index in [0.29, 0.717) is 25.6 Å². The Morgan fingerprint density at radius 1 is 1.28 bits per heavy atom. The summed E-state index contributed by atoms with van der Waals surface area (Å²) < 4.78 is 5.41. The van der Waals surface area contributed by atoms with Gasteiger partial charge in [0.25, 0.3) is 5.91 Å². The Hall–Kier alpha value is -1.43. The molecule has 5 heteroatoms. The van der Waals surface area contributed by atoms with Crippen LogP contribution >= 0.6 is 0 Å². The van der Waals surface area contributed by atoms with Crippen LogP contribution in [0.2, 0.25) is 0 Å². The number of carbonyl (C=O) groups excluding carboxylic acids is 1. The summed E-state index contributed by atoms with van der Waals surface area (Å²) in [6.45, 7) is 3.37. The van der Waals surface area contributed by atoms with Gasteiger partial charge in [0.15, 0.2) is 5.60 Å². The van der Waals surface area contributed by atoms with Gasteiger partial charge < -0.3 is 14.7 Å². The van der Waals surface area contributed by atoms with Crippen molar-refractivity contribution in [3.63, 3.8) is 0 Å². The zero-order valence-electron chi connectivity index (χ0n) is 15.2. The molecule has 25 heavy (non-hydrogen) atoms. The number of aliphatic hydroxyl groups is 1. The summed E-state index contributed by atoms with van der Waals surface area (Å²) in [5.74, 6) is -0.103. The highest BCUT2D eigenvalue weighted by Gasteiger charge is 2.43. The van der Waals surface area contributed by atoms with Gasteiger partial charge in [-0.15, -0.1) is 0 Å². The number of carbonyl (C=O) groups is 1. The number of nitrogens with zero attached hydrogens (tertiary/aromatic N) is 2. The molecule has 2 heterocycles. The molecule has 2 fully saturated rings. The maximum absolute atomic E-state index is 12.9. The van der Waals surface area contributed by atoms with Crippen molar-refractivity contribution in [2.24, 2.45) is 0 Å². The first kappa shape index (κ1) is 18.4. The fraction of sp³-hybridized carbons (Fsp3) is 0.650. The highest BCUT2D eigenvalue weighted by Crippen LogP contribution is 2.26. The van der Waals surface area contributed by atoms with Crippen LogP contribution in [0.1, 0.15) is 31.2 Å². The quantitative estimate of drug-likeness (QED) is 0.852. The van der Waals surface area contributed by atoms with Gasteiger partial charge in [0.05, 0.1) is 0 Å². The lowest BCUT2D eigenvalue weighted by Gasteiger charge is -2.42. The van der Waals surface area contributed by atoms with Crippen LogP contribution in [0.15, 0.2) is 30.3 Å². The third kappa shape index (κ3) is 4.60. The zero-order valence-corrected chi connectivity index (χ0v) is 15.2. The fourth-order valence-corrected chi connectivity index (χ4v) is 4.00. The first-order valence-electron chi connectivity index (χ1n) is 9.42. The van der Waals surface area contributed by atoms with Crippen molar-refractivity contribution < 1.29 is 14.6 Å². The molecule has 2 aliphatic heterocycles. The smallest absolute Gasteiger partial charge is 0.255 e. The van der Waals surface area contributed by atoms with Crippen molar-refractivity contribution in [1.82, 2.24) is 9.80 Å². The van der Waals surface area contributed by atoms with E-state index in [-0.39, 0.29) is 5.91 Å². The molecule has 5 nitrogen and oxygen atoms in total. The molecule has 1 aromatic rings. The molecule has 2 aliphatic rings. The molecular formula is C20H30N2O3.